The Balaban J connectivity index is 0. The third-order valence-corrected chi connectivity index (χ3v) is 2.57. The number of carboxylic acids is 4. The van der Waals surface area contributed by atoms with Gasteiger partial charge in [-0.15, -0.1) is 0 Å². The molecule has 0 amide bonds. The minimum Gasteiger partial charge on any atom is -0.479 e. The molecule has 0 aromatic carbocycles. The molecular weight excluding hydrogens is 364 g/mol. The summed E-state index contributed by atoms with van der Waals surface area (Å²) >= 11 is 0. The van der Waals surface area contributed by atoms with Crippen LogP contribution in [0.1, 0.15) is 0 Å². The second-order valence-corrected chi connectivity index (χ2v) is 4.63. The number of rotatable bonds is 6. The van der Waals surface area contributed by atoms with E-state index >= 15 is 0 Å². The predicted octanol–water partition coefficient (Wildman–Crippen LogP) is -5.07. The summed E-state index contributed by atoms with van der Waals surface area (Å²) in [7, 11) is 0. The summed E-state index contributed by atoms with van der Waals surface area (Å²) in [5.74, 6) is -7.07. The van der Waals surface area contributed by atoms with Crippen LogP contribution in [0.2, 0.25) is 0 Å². The molecule has 1 rings (SSSR count). The number of carboxylic acid groups (broad SMARTS) is 4. The molecule has 0 saturated carbocycles. The zero-order chi connectivity index (χ0) is 20.9. The van der Waals surface area contributed by atoms with Crippen LogP contribution in [0, 0.1) is 0 Å². The van der Waals surface area contributed by atoms with Gasteiger partial charge in [-0.25, -0.2) is 19.2 Å². The molecule has 152 valence electrons. The average molecular weight is 386 g/mol. The van der Waals surface area contributed by atoms with Gasteiger partial charge >= 0.3 is 23.9 Å². The van der Waals surface area contributed by atoms with Crippen LogP contribution in [-0.4, -0.2) is 115 Å². The predicted molar refractivity (Wildman–Crippen MR) is 80.3 cm³/mol. The summed E-state index contributed by atoms with van der Waals surface area (Å²) in [4.78, 5) is 39.1. The lowest BCUT2D eigenvalue weighted by molar-refractivity contribution is -0.165. The van der Waals surface area contributed by atoms with E-state index < -0.39 is 48.3 Å². The minimum atomic E-state index is -2.27. The van der Waals surface area contributed by atoms with Gasteiger partial charge < -0.3 is 51.5 Å². The summed E-state index contributed by atoms with van der Waals surface area (Å²) < 4.78 is 0. The molecule has 0 aliphatic carbocycles. The van der Waals surface area contributed by atoms with E-state index in [0.717, 1.165) is 26.2 Å². The first-order valence-electron chi connectivity index (χ1n) is 6.98. The Morgan fingerprint density at radius 3 is 0.731 bits per heavy atom. The first-order chi connectivity index (χ1) is 11.9. The van der Waals surface area contributed by atoms with E-state index in [1.165, 1.54) is 0 Å². The molecule has 1 fully saturated rings. The molecule has 0 radical (unpaired) electrons. The smallest absolute Gasteiger partial charge is 0.335 e. The van der Waals surface area contributed by atoms with Gasteiger partial charge in [-0.05, 0) is 0 Å². The quantitative estimate of drug-likeness (QED) is 0.205. The molecule has 14 heteroatoms. The molecule has 1 heterocycles. The number of aliphatic carboxylic acids is 4. The lowest BCUT2D eigenvalue weighted by Crippen LogP contribution is -2.39. The highest BCUT2D eigenvalue weighted by molar-refractivity contribution is 5.83. The van der Waals surface area contributed by atoms with Crippen molar-refractivity contribution in [2.75, 3.05) is 26.2 Å². The van der Waals surface area contributed by atoms with E-state index in [1.807, 2.05) is 0 Å². The fourth-order valence-electron chi connectivity index (χ4n) is 1.14. The molecule has 0 bridgehead atoms. The van der Waals surface area contributed by atoms with Gasteiger partial charge in [0, 0.05) is 26.2 Å². The molecule has 0 aromatic rings. The first-order valence-corrected chi connectivity index (χ1v) is 6.98. The van der Waals surface area contributed by atoms with Gasteiger partial charge in [-0.2, -0.15) is 0 Å². The SMILES string of the molecule is C1CNCCN1.O=C(O)C(O)C(O)C(=O)O.O=C(O)C(O)C(O)C(=O)O. The zero-order valence-corrected chi connectivity index (χ0v) is 13.3. The molecule has 1 aliphatic rings. The average Bonchev–Trinajstić information content (AvgIpc) is 2.61. The summed E-state index contributed by atoms with van der Waals surface area (Å²) in [5.41, 5.74) is 0. The topological polar surface area (TPSA) is 254 Å². The fraction of sp³-hybridized carbons (Fsp3) is 0.667. The highest BCUT2D eigenvalue weighted by Crippen LogP contribution is 1.93. The van der Waals surface area contributed by atoms with Crippen LogP contribution in [0.5, 0.6) is 0 Å². The molecule has 10 N–H and O–H groups in total. The van der Waals surface area contributed by atoms with Gasteiger partial charge in [0.2, 0.25) is 0 Å². The first kappa shape index (κ1) is 25.9. The number of piperazine rings is 1. The van der Waals surface area contributed by atoms with Gasteiger partial charge in [-0.1, -0.05) is 0 Å². The molecule has 0 aromatic heterocycles. The summed E-state index contributed by atoms with van der Waals surface area (Å²) in [6, 6.07) is 0. The van der Waals surface area contributed by atoms with Crippen molar-refractivity contribution in [3.63, 3.8) is 0 Å². The Morgan fingerprint density at radius 1 is 0.500 bits per heavy atom. The molecule has 14 nitrogen and oxygen atoms in total. The summed E-state index contributed by atoms with van der Waals surface area (Å²) in [6.07, 6.45) is -9.06. The Bertz CT molecular complexity index is 384. The summed E-state index contributed by atoms with van der Waals surface area (Å²) in [6.45, 7) is 4.56. The van der Waals surface area contributed by atoms with E-state index in [9.17, 15) is 19.2 Å². The molecule has 26 heavy (non-hydrogen) atoms. The van der Waals surface area contributed by atoms with Crippen LogP contribution in [0.3, 0.4) is 0 Å². The largest absolute Gasteiger partial charge is 0.479 e. The van der Waals surface area contributed by atoms with Crippen molar-refractivity contribution in [3.05, 3.63) is 0 Å². The van der Waals surface area contributed by atoms with Gasteiger partial charge in [0.25, 0.3) is 0 Å². The molecular formula is C12H22N2O12. The highest BCUT2D eigenvalue weighted by Gasteiger charge is 2.30. The van der Waals surface area contributed by atoms with Crippen LogP contribution in [-0.2, 0) is 19.2 Å². The molecule has 1 aliphatic heterocycles. The van der Waals surface area contributed by atoms with E-state index in [1.54, 1.807) is 0 Å². The lowest BCUT2D eigenvalue weighted by atomic mass is 10.2. The molecule has 4 atom stereocenters. The molecule has 4 unspecified atom stereocenters. The van der Waals surface area contributed by atoms with Gasteiger partial charge in [0.05, 0.1) is 0 Å². The van der Waals surface area contributed by atoms with Gasteiger partial charge in [-0.3, -0.25) is 0 Å². The maximum atomic E-state index is 9.77. The fourth-order valence-corrected chi connectivity index (χ4v) is 1.14. The monoisotopic (exact) mass is 386 g/mol. The normalized spacial score (nSPS) is 17.7. The number of hydrogen-bond donors (Lipinski definition) is 10. The maximum absolute atomic E-state index is 9.77. The number of carbonyl (C=O) groups is 4. The third-order valence-electron chi connectivity index (χ3n) is 2.57. The Morgan fingerprint density at radius 2 is 0.654 bits per heavy atom. The minimum absolute atomic E-state index is 1.14. The Kier molecular flexibility index (Phi) is 13.8. The second kappa shape index (κ2) is 13.9. The van der Waals surface area contributed by atoms with Crippen molar-refractivity contribution in [1.29, 1.82) is 0 Å². The zero-order valence-electron chi connectivity index (χ0n) is 13.3. The van der Waals surface area contributed by atoms with Crippen molar-refractivity contribution in [2.45, 2.75) is 24.4 Å². The van der Waals surface area contributed by atoms with E-state index in [4.69, 9.17) is 40.9 Å². The number of nitrogens with one attached hydrogen (secondary N) is 2. The highest BCUT2D eigenvalue weighted by atomic mass is 16.4. The van der Waals surface area contributed by atoms with Crippen LogP contribution in [0.15, 0.2) is 0 Å². The molecule has 0 spiro atoms. The van der Waals surface area contributed by atoms with Crippen LogP contribution < -0.4 is 10.6 Å². The number of aliphatic hydroxyl groups is 4. The molecule has 1 saturated heterocycles. The lowest BCUT2D eigenvalue weighted by Gasteiger charge is -2.11. The van der Waals surface area contributed by atoms with Crippen LogP contribution >= 0.6 is 0 Å². The Labute approximate surface area is 146 Å². The van der Waals surface area contributed by atoms with Crippen molar-refractivity contribution >= 4 is 23.9 Å². The van der Waals surface area contributed by atoms with Crippen molar-refractivity contribution in [3.8, 4) is 0 Å². The van der Waals surface area contributed by atoms with Gasteiger partial charge in [0.15, 0.2) is 24.4 Å². The maximum Gasteiger partial charge on any atom is 0.335 e. The van der Waals surface area contributed by atoms with E-state index in [-0.39, 0.29) is 0 Å². The van der Waals surface area contributed by atoms with Crippen LogP contribution in [0.25, 0.3) is 0 Å². The van der Waals surface area contributed by atoms with E-state index in [0.29, 0.717) is 0 Å². The standard InChI is InChI=1S/C4H10N2.2C4H6O6/c1-2-6-4-3-5-1;2*5-1(3(7)8)2(6)4(9)10/h5-6H,1-4H2;2*1-2,5-6H,(H,7,8)(H,9,10). The van der Waals surface area contributed by atoms with Crippen LogP contribution in [0.4, 0.5) is 0 Å². The van der Waals surface area contributed by atoms with E-state index in [2.05, 4.69) is 10.6 Å². The Hall–Kier alpha value is -2.36. The van der Waals surface area contributed by atoms with Crippen molar-refractivity contribution in [2.24, 2.45) is 0 Å². The summed E-state index contributed by atoms with van der Waals surface area (Å²) in [5, 5.41) is 71.5. The number of aliphatic hydroxyl groups excluding tert-OH is 4. The van der Waals surface area contributed by atoms with Crippen molar-refractivity contribution in [1.82, 2.24) is 10.6 Å². The number of hydrogen-bond acceptors (Lipinski definition) is 10. The van der Waals surface area contributed by atoms with Crippen molar-refractivity contribution < 1.29 is 60.0 Å². The van der Waals surface area contributed by atoms with Gasteiger partial charge in [0.1, 0.15) is 0 Å². The third kappa shape index (κ3) is 12.1. The second-order valence-electron chi connectivity index (χ2n) is 4.63.